The molecule has 0 aliphatic carbocycles. The quantitative estimate of drug-likeness (QED) is 0.459. The lowest BCUT2D eigenvalue weighted by atomic mass is 10.0. The summed E-state index contributed by atoms with van der Waals surface area (Å²) in [5, 5.41) is 17.3. The third kappa shape index (κ3) is 4.90. The highest BCUT2D eigenvalue weighted by atomic mass is 16.1. The highest BCUT2D eigenvalue weighted by Crippen LogP contribution is 2.24. The van der Waals surface area contributed by atoms with E-state index in [0.29, 0.717) is 17.3 Å². The molecule has 1 fully saturated rings. The Morgan fingerprint density at radius 2 is 1.88 bits per heavy atom. The zero-order chi connectivity index (χ0) is 22.8. The second kappa shape index (κ2) is 9.07. The van der Waals surface area contributed by atoms with E-state index in [1.165, 1.54) is 0 Å². The molecule has 4 heterocycles. The third-order valence-corrected chi connectivity index (χ3v) is 6.17. The molecule has 0 radical (unpaired) electrons. The Bertz CT molecular complexity index is 1290. The minimum absolute atomic E-state index is 0.0217. The van der Waals surface area contributed by atoms with E-state index in [2.05, 4.69) is 43.6 Å². The van der Waals surface area contributed by atoms with Crippen LogP contribution in [0.25, 0.3) is 22.0 Å². The number of likely N-dealkylation sites (tertiary alicyclic amines) is 1. The number of nitrogens with one attached hydrogen (secondary N) is 1. The van der Waals surface area contributed by atoms with Crippen molar-refractivity contribution in [2.75, 3.05) is 25.5 Å². The zero-order valence-corrected chi connectivity index (χ0v) is 18.9. The molecule has 0 spiro atoms. The van der Waals surface area contributed by atoms with Gasteiger partial charge in [0.15, 0.2) is 5.78 Å². The largest absolute Gasteiger partial charge is 0.381 e. The van der Waals surface area contributed by atoms with Crippen molar-refractivity contribution in [1.82, 2.24) is 29.9 Å². The molecule has 1 aliphatic heterocycles. The number of aromatic nitrogens is 5. The van der Waals surface area contributed by atoms with E-state index < -0.39 is 0 Å². The Labute approximate surface area is 192 Å². The molecule has 4 aromatic rings. The first kappa shape index (κ1) is 21.2. The Kier molecular flexibility index (Phi) is 5.83. The van der Waals surface area contributed by atoms with Crippen molar-refractivity contribution in [2.45, 2.75) is 25.3 Å². The number of piperidine rings is 1. The summed E-state index contributed by atoms with van der Waals surface area (Å²) >= 11 is 0. The number of aryl methyl sites for hydroxylation is 1. The number of Topliss-reactive ketones (excluding diaryl/α,β-unsaturated/α-hetero) is 1. The van der Waals surface area contributed by atoms with Crippen molar-refractivity contribution < 1.29 is 4.79 Å². The van der Waals surface area contributed by atoms with Crippen LogP contribution in [-0.2, 0) is 13.5 Å². The minimum Gasteiger partial charge on any atom is -0.381 e. The van der Waals surface area contributed by atoms with Gasteiger partial charge < -0.3 is 10.2 Å². The number of carbonyl (C=O) groups excluding carboxylic acids is 1. The van der Waals surface area contributed by atoms with Gasteiger partial charge in [-0.3, -0.25) is 14.5 Å². The molecule has 0 bridgehead atoms. The molecular formula is C25H27N7O. The fraction of sp³-hybridized carbons (Fsp3) is 0.320. The molecule has 8 heteroatoms. The molecule has 8 nitrogen and oxygen atoms in total. The van der Waals surface area contributed by atoms with Crippen molar-refractivity contribution in [3.8, 4) is 11.1 Å². The summed E-state index contributed by atoms with van der Waals surface area (Å²) in [6.45, 7) is 2.15. The van der Waals surface area contributed by atoms with Crippen molar-refractivity contribution in [3.63, 3.8) is 0 Å². The minimum atomic E-state index is -0.0217. The van der Waals surface area contributed by atoms with E-state index in [4.69, 9.17) is 0 Å². The van der Waals surface area contributed by atoms with Crippen LogP contribution in [0.15, 0.2) is 55.1 Å². The number of rotatable bonds is 6. The maximum atomic E-state index is 13.0. The Morgan fingerprint density at radius 1 is 1.03 bits per heavy atom. The van der Waals surface area contributed by atoms with E-state index in [1.54, 1.807) is 17.1 Å². The Hall–Kier alpha value is -3.65. The van der Waals surface area contributed by atoms with Crippen LogP contribution in [0, 0.1) is 0 Å². The van der Waals surface area contributed by atoms with Crippen LogP contribution in [-0.4, -0.2) is 61.8 Å². The lowest BCUT2D eigenvalue weighted by Crippen LogP contribution is -2.36. The summed E-state index contributed by atoms with van der Waals surface area (Å²) in [5.41, 5.74) is 5.00. The third-order valence-electron chi connectivity index (χ3n) is 6.17. The average Bonchev–Trinajstić information content (AvgIpc) is 3.26. The van der Waals surface area contributed by atoms with Crippen molar-refractivity contribution in [1.29, 1.82) is 0 Å². The number of anilines is 1. The predicted octanol–water partition coefficient (Wildman–Crippen LogP) is 3.36. The Balaban J connectivity index is 1.31. The van der Waals surface area contributed by atoms with Gasteiger partial charge in [0, 0.05) is 48.2 Å². The van der Waals surface area contributed by atoms with Gasteiger partial charge in [-0.1, -0.05) is 6.07 Å². The number of benzene rings is 1. The molecule has 168 valence electrons. The normalized spacial score (nSPS) is 15.1. The molecule has 1 N–H and O–H groups in total. The SMILES string of the molecule is CN1CCC(Nc2cncc(C(=O)Cc3cc4cc(-c5cnn(C)c5)ccc4nn3)c2)CC1. The van der Waals surface area contributed by atoms with Crippen LogP contribution < -0.4 is 5.32 Å². The van der Waals surface area contributed by atoms with E-state index >= 15 is 0 Å². The number of hydrogen-bond acceptors (Lipinski definition) is 7. The molecule has 1 aromatic carbocycles. The predicted molar refractivity (Wildman–Crippen MR) is 128 cm³/mol. The summed E-state index contributed by atoms with van der Waals surface area (Å²) in [6, 6.07) is 10.2. The second-order valence-corrected chi connectivity index (χ2v) is 8.80. The molecule has 3 aromatic heterocycles. The van der Waals surface area contributed by atoms with Gasteiger partial charge in [0.1, 0.15) is 0 Å². The van der Waals surface area contributed by atoms with Crippen molar-refractivity contribution in [2.24, 2.45) is 7.05 Å². The lowest BCUT2D eigenvalue weighted by Gasteiger charge is -2.30. The van der Waals surface area contributed by atoms with Gasteiger partial charge in [0.2, 0.25) is 0 Å². The van der Waals surface area contributed by atoms with Crippen LogP contribution in [0.4, 0.5) is 5.69 Å². The van der Waals surface area contributed by atoms with Gasteiger partial charge in [-0.25, -0.2) is 0 Å². The van der Waals surface area contributed by atoms with Gasteiger partial charge >= 0.3 is 0 Å². The van der Waals surface area contributed by atoms with Gasteiger partial charge in [-0.2, -0.15) is 15.3 Å². The van der Waals surface area contributed by atoms with E-state index in [0.717, 1.165) is 53.6 Å². The van der Waals surface area contributed by atoms with Gasteiger partial charge in [-0.05, 0) is 62.8 Å². The van der Waals surface area contributed by atoms with Crippen LogP contribution in [0.3, 0.4) is 0 Å². The number of carbonyl (C=O) groups is 1. The van der Waals surface area contributed by atoms with E-state index in [-0.39, 0.29) is 12.2 Å². The lowest BCUT2D eigenvalue weighted by molar-refractivity contribution is 0.0991. The average molecular weight is 442 g/mol. The smallest absolute Gasteiger partial charge is 0.170 e. The van der Waals surface area contributed by atoms with Crippen LogP contribution in [0.1, 0.15) is 28.9 Å². The molecule has 0 amide bonds. The van der Waals surface area contributed by atoms with Crippen molar-refractivity contribution in [3.05, 3.63) is 66.4 Å². The summed E-state index contributed by atoms with van der Waals surface area (Å²) in [6.07, 6.45) is 9.56. The molecule has 0 atom stereocenters. The molecule has 33 heavy (non-hydrogen) atoms. The molecule has 0 unspecified atom stereocenters. The maximum Gasteiger partial charge on any atom is 0.170 e. The van der Waals surface area contributed by atoms with Crippen LogP contribution in [0.2, 0.25) is 0 Å². The molecular weight excluding hydrogens is 414 g/mol. The van der Waals surface area contributed by atoms with Gasteiger partial charge in [0.05, 0.1) is 29.5 Å². The summed E-state index contributed by atoms with van der Waals surface area (Å²) in [4.78, 5) is 19.6. The first-order valence-corrected chi connectivity index (χ1v) is 11.2. The number of ketones is 1. The fourth-order valence-corrected chi connectivity index (χ4v) is 4.25. The highest BCUT2D eigenvalue weighted by Gasteiger charge is 2.17. The van der Waals surface area contributed by atoms with E-state index in [1.807, 2.05) is 43.7 Å². The van der Waals surface area contributed by atoms with Crippen LogP contribution >= 0.6 is 0 Å². The summed E-state index contributed by atoms with van der Waals surface area (Å²) in [5.74, 6) is -0.0217. The van der Waals surface area contributed by atoms with Gasteiger partial charge in [0.25, 0.3) is 0 Å². The topological polar surface area (TPSA) is 88.8 Å². The van der Waals surface area contributed by atoms with Gasteiger partial charge in [-0.15, -0.1) is 0 Å². The number of nitrogens with zero attached hydrogens (tertiary/aromatic N) is 6. The molecule has 1 aliphatic rings. The first-order chi connectivity index (χ1) is 16.0. The van der Waals surface area contributed by atoms with Crippen LogP contribution in [0.5, 0.6) is 0 Å². The monoisotopic (exact) mass is 441 g/mol. The summed E-state index contributed by atoms with van der Waals surface area (Å²) < 4.78 is 1.78. The maximum absolute atomic E-state index is 13.0. The number of fused-ring (bicyclic) bond motifs is 1. The highest BCUT2D eigenvalue weighted by molar-refractivity contribution is 5.98. The fourth-order valence-electron chi connectivity index (χ4n) is 4.25. The first-order valence-electron chi connectivity index (χ1n) is 11.2. The Morgan fingerprint density at radius 3 is 2.67 bits per heavy atom. The molecule has 0 saturated carbocycles. The zero-order valence-electron chi connectivity index (χ0n) is 18.9. The van der Waals surface area contributed by atoms with E-state index in [9.17, 15) is 4.79 Å². The number of hydrogen-bond donors (Lipinski definition) is 1. The molecule has 1 saturated heterocycles. The summed E-state index contributed by atoms with van der Waals surface area (Å²) in [7, 11) is 4.04. The standard InChI is InChI=1S/C25H27N7O/c1-31-7-5-21(6-8-31)28-23-11-19(13-26-15-23)25(33)12-22-10-18-9-17(3-4-24(18)30-29-22)20-14-27-32(2)16-20/h3-4,9-11,13-16,21,28H,5-8,12H2,1-2H3. The second-order valence-electron chi connectivity index (χ2n) is 8.80. The van der Waals surface area contributed by atoms with Crippen molar-refractivity contribution >= 4 is 22.4 Å². The molecule has 5 rings (SSSR count). The number of pyridine rings is 1.